The molecule has 1 aromatic rings. The van der Waals surface area contributed by atoms with Crippen LogP contribution in [0.25, 0.3) is 0 Å². The summed E-state index contributed by atoms with van der Waals surface area (Å²) < 4.78 is 0. The third-order valence-corrected chi connectivity index (χ3v) is 4.33. The van der Waals surface area contributed by atoms with Crippen molar-refractivity contribution in [1.29, 1.82) is 0 Å². The molecule has 1 aliphatic rings. The summed E-state index contributed by atoms with van der Waals surface area (Å²) in [4.78, 5) is 11.9. The number of benzene rings is 1. The molecule has 3 heteroatoms. The van der Waals surface area contributed by atoms with Gasteiger partial charge >= 0.3 is 0 Å². The van der Waals surface area contributed by atoms with E-state index in [1.54, 1.807) is 0 Å². The van der Waals surface area contributed by atoms with Crippen LogP contribution in [0.2, 0.25) is 0 Å². The zero-order chi connectivity index (χ0) is 14.4. The molecule has 0 radical (unpaired) electrons. The molecule has 110 valence electrons. The second-order valence-corrected chi connectivity index (χ2v) is 6.19. The van der Waals surface area contributed by atoms with E-state index in [1.165, 1.54) is 25.7 Å². The van der Waals surface area contributed by atoms with Crippen molar-refractivity contribution in [2.45, 2.75) is 45.4 Å². The van der Waals surface area contributed by atoms with Gasteiger partial charge in [-0.25, -0.2) is 0 Å². The standard InChI is InChI=1S/C17H26N2O/c1-13-5-7-14(8-6-13)9-10-19-17(20)12-15-3-2-4-16(18)11-15/h2-4,11,13-14H,5-10,12,18H2,1H3,(H,19,20). The molecule has 0 aliphatic heterocycles. The molecule has 1 fully saturated rings. The molecule has 1 amide bonds. The lowest BCUT2D eigenvalue weighted by Crippen LogP contribution is -2.28. The molecular weight excluding hydrogens is 248 g/mol. The average molecular weight is 274 g/mol. The third-order valence-electron chi connectivity index (χ3n) is 4.33. The molecule has 0 spiro atoms. The van der Waals surface area contributed by atoms with Crippen molar-refractivity contribution in [3.63, 3.8) is 0 Å². The Bertz CT molecular complexity index is 436. The highest BCUT2D eigenvalue weighted by molar-refractivity contribution is 5.78. The highest BCUT2D eigenvalue weighted by Crippen LogP contribution is 2.29. The largest absolute Gasteiger partial charge is 0.399 e. The van der Waals surface area contributed by atoms with Gasteiger partial charge in [0.05, 0.1) is 6.42 Å². The SMILES string of the molecule is CC1CCC(CCNC(=O)Cc2cccc(N)c2)CC1. The van der Waals surface area contributed by atoms with Crippen LogP contribution in [0.15, 0.2) is 24.3 Å². The number of hydrogen-bond donors (Lipinski definition) is 2. The second kappa shape index (κ2) is 7.32. The smallest absolute Gasteiger partial charge is 0.224 e. The monoisotopic (exact) mass is 274 g/mol. The van der Waals surface area contributed by atoms with Crippen molar-refractivity contribution >= 4 is 11.6 Å². The summed E-state index contributed by atoms with van der Waals surface area (Å²) in [7, 11) is 0. The Morgan fingerprint density at radius 1 is 1.30 bits per heavy atom. The van der Waals surface area contributed by atoms with Crippen LogP contribution in [0.4, 0.5) is 5.69 Å². The van der Waals surface area contributed by atoms with Gasteiger partial charge in [-0.3, -0.25) is 4.79 Å². The minimum Gasteiger partial charge on any atom is -0.399 e. The van der Waals surface area contributed by atoms with Gasteiger partial charge in [0.2, 0.25) is 5.91 Å². The van der Waals surface area contributed by atoms with E-state index in [0.29, 0.717) is 12.1 Å². The van der Waals surface area contributed by atoms with Gasteiger partial charge in [0.25, 0.3) is 0 Å². The minimum atomic E-state index is 0.0970. The van der Waals surface area contributed by atoms with Gasteiger partial charge < -0.3 is 11.1 Å². The van der Waals surface area contributed by atoms with Crippen molar-refractivity contribution in [3.05, 3.63) is 29.8 Å². The molecule has 0 atom stereocenters. The van der Waals surface area contributed by atoms with E-state index < -0.39 is 0 Å². The fourth-order valence-electron chi connectivity index (χ4n) is 2.98. The summed E-state index contributed by atoms with van der Waals surface area (Å²) >= 11 is 0. The first-order valence-corrected chi connectivity index (χ1v) is 7.74. The molecule has 0 saturated heterocycles. The number of carbonyl (C=O) groups excluding carboxylic acids is 1. The number of nitrogens with one attached hydrogen (secondary N) is 1. The Labute approximate surface area is 121 Å². The zero-order valence-corrected chi connectivity index (χ0v) is 12.4. The first kappa shape index (κ1) is 14.9. The Morgan fingerprint density at radius 3 is 2.75 bits per heavy atom. The number of rotatable bonds is 5. The maximum Gasteiger partial charge on any atom is 0.224 e. The zero-order valence-electron chi connectivity index (χ0n) is 12.4. The van der Waals surface area contributed by atoms with Crippen LogP contribution < -0.4 is 11.1 Å². The molecule has 0 unspecified atom stereocenters. The normalized spacial score (nSPS) is 22.4. The van der Waals surface area contributed by atoms with Gasteiger partial charge in [-0.2, -0.15) is 0 Å². The van der Waals surface area contributed by atoms with E-state index in [4.69, 9.17) is 5.73 Å². The molecule has 2 rings (SSSR count). The number of amides is 1. The van der Waals surface area contributed by atoms with E-state index in [0.717, 1.165) is 30.4 Å². The molecule has 1 aliphatic carbocycles. The van der Waals surface area contributed by atoms with Crippen molar-refractivity contribution in [2.24, 2.45) is 11.8 Å². The molecular formula is C17H26N2O. The molecule has 0 aromatic heterocycles. The van der Waals surface area contributed by atoms with Crippen LogP contribution in [0.5, 0.6) is 0 Å². The molecule has 3 nitrogen and oxygen atoms in total. The highest BCUT2D eigenvalue weighted by Gasteiger charge is 2.17. The van der Waals surface area contributed by atoms with E-state index in [-0.39, 0.29) is 5.91 Å². The summed E-state index contributed by atoms with van der Waals surface area (Å²) in [6, 6.07) is 7.53. The highest BCUT2D eigenvalue weighted by atomic mass is 16.1. The van der Waals surface area contributed by atoms with Gasteiger partial charge in [-0.15, -0.1) is 0 Å². The maximum absolute atomic E-state index is 11.9. The number of carbonyl (C=O) groups is 1. The molecule has 1 saturated carbocycles. The predicted octanol–water partition coefficient (Wildman–Crippen LogP) is 3.14. The third kappa shape index (κ3) is 4.87. The van der Waals surface area contributed by atoms with E-state index in [2.05, 4.69) is 12.2 Å². The number of nitrogens with two attached hydrogens (primary N) is 1. The lowest BCUT2D eigenvalue weighted by atomic mass is 9.81. The van der Waals surface area contributed by atoms with Gasteiger partial charge in [-0.1, -0.05) is 44.7 Å². The quantitative estimate of drug-likeness (QED) is 0.810. The van der Waals surface area contributed by atoms with Gasteiger partial charge in [-0.05, 0) is 36.0 Å². The van der Waals surface area contributed by atoms with E-state index in [9.17, 15) is 4.79 Å². The first-order valence-electron chi connectivity index (χ1n) is 7.74. The minimum absolute atomic E-state index is 0.0970. The van der Waals surface area contributed by atoms with Crippen LogP contribution in [-0.2, 0) is 11.2 Å². The fourth-order valence-corrected chi connectivity index (χ4v) is 2.98. The lowest BCUT2D eigenvalue weighted by Gasteiger charge is -2.26. The van der Waals surface area contributed by atoms with E-state index >= 15 is 0 Å². The fraction of sp³-hybridized carbons (Fsp3) is 0.588. The summed E-state index contributed by atoms with van der Waals surface area (Å²) in [5, 5.41) is 3.03. The van der Waals surface area contributed by atoms with Crippen LogP contribution in [0, 0.1) is 11.8 Å². The van der Waals surface area contributed by atoms with Crippen LogP contribution in [0.3, 0.4) is 0 Å². The summed E-state index contributed by atoms with van der Waals surface area (Å²) in [6.07, 6.45) is 6.89. The van der Waals surface area contributed by atoms with Gasteiger partial charge in [0, 0.05) is 12.2 Å². The van der Waals surface area contributed by atoms with Crippen LogP contribution in [0.1, 0.15) is 44.6 Å². The number of hydrogen-bond acceptors (Lipinski definition) is 2. The number of nitrogen functional groups attached to an aromatic ring is 1. The Morgan fingerprint density at radius 2 is 2.05 bits per heavy atom. The van der Waals surface area contributed by atoms with Gasteiger partial charge in [0.15, 0.2) is 0 Å². The summed E-state index contributed by atoms with van der Waals surface area (Å²) in [6.45, 7) is 3.14. The molecule has 20 heavy (non-hydrogen) atoms. The maximum atomic E-state index is 11.9. The van der Waals surface area contributed by atoms with Crippen molar-refractivity contribution in [3.8, 4) is 0 Å². The topological polar surface area (TPSA) is 55.1 Å². The van der Waals surface area contributed by atoms with Crippen LogP contribution >= 0.6 is 0 Å². The first-order chi connectivity index (χ1) is 9.63. The lowest BCUT2D eigenvalue weighted by molar-refractivity contribution is -0.120. The van der Waals surface area contributed by atoms with Gasteiger partial charge in [0.1, 0.15) is 0 Å². The van der Waals surface area contributed by atoms with E-state index in [1.807, 2.05) is 24.3 Å². The predicted molar refractivity (Wildman–Crippen MR) is 83.3 cm³/mol. The average Bonchev–Trinajstić information content (AvgIpc) is 2.41. The van der Waals surface area contributed by atoms with Crippen molar-refractivity contribution in [2.75, 3.05) is 12.3 Å². The molecule has 3 N–H and O–H groups in total. The van der Waals surface area contributed by atoms with Crippen molar-refractivity contribution in [1.82, 2.24) is 5.32 Å². The summed E-state index contributed by atoms with van der Waals surface area (Å²) in [5.41, 5.74) is 7.41. The second-order valence-electron chi connectivity index (χ2n) is 6.19. The number of anilines is 1. The van der Waals surface area contributed by atoms with Crippen LogP contribution in [-0.4, -0.2) is 12.5 Å². The van der Waals surface area contributed by atoms with Crippen molar-refractivity contribution < 1.29 is 4.79 Å². The Hall–Kier alpha value is -1.51. The Balaban J connectivity index is 1.65. The molecule has 0 bridgehead atoms. The Kier molecular flexibility index (Phi) is 5.45. The molecule has 1 aromatic carbocycles. The molecule has 0 heterocycles. The summed E-state index contributed by atoms with van der Waals surface area (Å²) in [5.74, 6) is 1.79.